The zero-order valence-electron chi connectivity index (χ0n) is 16.5. The van der Waals surface area contributed by atoms with Gasteiger partial charge in [0.05, 0.1) is 11.9 Å². The van der Waals surface area contributed by atoms with Crippen LogP contribution in [0.4, 0.5) is 5.69 Å². The van der Waals surface area contributed by atoms with Crippen molar-refractivity contribution in [1.82, 2.24) is 10.2 Å². The van der Waals surface area contributed by atoms with Crippen molar-refractivity contribution in [3.8, 4) is 11.5 Å². The molecule has 0 bridgehead atoms. The Balaban J connectivity index is 1.49. The fraction of sp³-hybridized carbons (Fsp3) is 0.286. The van der Waals surface area contributed by atoms with Gasteiger partial charge in [0.15, 0.2) is 6.61 Å². The number of thioether (sulfide) groups is 1. The number of aromatic nitrogens is 2. The van der Waals surface area contributed by atoms with E-state index in [1.807, 2.05) is 50.2 Å². The third-order valence-electron chi connectivity index (χ3n) is 3.88. The van der Waals surface area contributed by atoms with Crippen LogP contribution in [-0.2, 0) is 11.4 Å². The van der Waals surface area contributed by atoms with Gasteiger partial charge in [-0.25, -0.2) is 0 Å². The Hall–Kier alpha value is -3.00. The maximum Gasteiger partial charge on any atom is 0.277 e. The number of nitrogens with zero attached hydrogens (tertiary/aromatic N) is 2. The molecule has 1 heterocycles. The van der Waals surface area contributed by atoms with Gasteiger partial charge in [0.2, 0.25) is 5.91 Å². The first-order valence-corrected chi connectivity index (χ1v) is 10.1. The molecule has 8 heteroatoms. The monoisotopic (exact) mass is 413 g/mol. The molecule has 0 radical (unpaired) electrons. The molecule has 7 nitrogen and oxygen atoms in total. The topological polar surface area (TPSA) is 86.5 Å². The minimum absolute atomic E-state index is 0.157. The standard InChI is InChI=1S/C21H23N3O4S/c1-4-26-17-10-8-16(9-11-17)22-20(25)15(3)29-21-24-23-19(28-21)13-27-18-7-5-6-14(2)12-18/h5-12,15H,4,13H2,1-3H3,(H,22,25)/t15-/m0/s1. The van der Waals surface area contributed by atoms with Crippen LogP contribution < -0.4 is 14.8 Å². The molecule has 3 rings (SSSR count). The quantitative estimate of drug-likeness (QED) is 0.518. The van der Waals surface area contributed by atoms with Crippen molar-refractivity contribution < 1.29 is 18.7 Å². The Morgan fingerprint density at radius 1 is 1.14 bits per heavy atom. The second-order valence-electron chi connectivity index (χ2n) is 6.27. The van der Waals surface area contributed by atoms with Gasteiger partial charge in [-0.1, -0.05) is 23.9 Å². The average molecular weight is 413 g/mol. The lowest BCUT2D eigenvalue weighted by Crippen LogP contribution is -2.22. The molecule has 0 fully saturated rings. The van der Waals surface area contributed by atoms with Gasteiger partial charge in [-0.3, -0.25) is 4.79 Å². The Kier molecular flexibility index (Phi) is 7.13. The van der Waals surface area contributed by atoms with E-state index in [9.17, 15) is 4.79 Å². The summed E-state index contributed by atoms with van der Waals surface area (Å²) in [6.07, 6.45) is 0. The van der Waals surface area contributed by atoms with Crippen molar-refractivity contribution in [1.29, 1.82) is 0 Å². The van der Waals surface area contributed by atoms with Crippen LogP contribution in [0.1, 0.15) is 25.3 Å². The summed E-state index contributed by atoms with van der Waals surface area (Å²) in [4.78, 5) is 12.4. The molecule has 1 aromatic heterocycles. The van der Waals surface area contributed by atoms with E-state index in [1.165, 1.54) is 11.8 Å². The third kappa shape index (κ3) is 6.25. The molecule has 2 aromatic carbocycles. The van der Waals surface area contributed by atoms with E-state index in [2.05, 4.69) is 15.5 Å². The highest BCUT2D eigenvalue weighted by Crippen LogP contribution is 2.24. The molecule has 0 spiro atoms. The number of carbonyl (C=O) groups is 1. The summed E-state index contributed by atoms with van der Waals surface area (Å²) in [5.41, 5.74) is 1.81. The van der Waals surface area contributed by atoms with E-state index in [-0.39, 0.29) is 12.5 Å². The second-order valence-corrected chi connectivity index (χ2v) is 7.57. The zero-order chi connectivity index (χ0) is 20.6. The highest BCUT2D eigenvalue weighted by Gasteiger charge is 2.18. The third-order valence-corrected chi connectivity index (χ3v) is 4.81. The Bertz CT molecular complexity index is 943. The van der Waals surface area contributed by atoms with Crippen LogP contribution in [0, 0.1) is 6.92 Å². The van der Waals surface area contributed by atoms with Crippen LogP contribution in [0.5, 0.6) is 11.5 Å². The number of hydrogen-bond acceptors (Lipinski definition) is 7. The lowest BCUT2D eigenvalue weighted by atomic mass is 10.2. The van der Waals surface area contributed by atoms with Gasteiger partial charge in [-0.05, 0) is 62.7 Å². The maximum absolute atomic E-state index is 12.4. The van der Waals surface area contributed by atoms with Crippen molar-refractivity contribution in [3.63, 3.8) is 0 Å². The van der Waals surface area contributed by atoms with Crippen LogP contribution in [0.25, 0.3) is 0 Å². The van der Waals surface area contributed by atoms with Gasteiger partial charge in [0, 0.05) is 5.69 Å². The summed E-state index contributed by atoms with van der Waals surface area (Å²) in [5.74, 6) is 1.70. The molecule has 0 unspecified atom stereocenters. The lowest BCUT2D eigenvalue weighted by molar-refractivity contribution is -0.115. The SMILES string of the molecule is CCOc1ccc(NC(=O)[C@H](C)Sc2nnc(COc3cccc(C)c3)o2)cc1. The van der Waals surface area contributed by atoms with Crippen LogP contribution in [-0.4, -0.2) is 28.0 Å². The molecule has 0 aliphatic rings. The highest BCUT2D eigenvalue weighted by atomic mass is 32.2. The molecule has 0 aliphatic heterocycles. The van der Waals surface area contributed by atoms with Gasteiger partial charge >= 0.3 is 0 Å². The Morgan fingerprint density at radius 3 is 2.66 bits per heavy atom. The predicted molar refractivity (Wildman–Crippen MR) is 111 cm³/mol. The van der Waals surface area contributed by atoms with E-state index < -0.39 is 5.25 Å². The van der Waals surface area contributed by atoms with E-state index in [0.717, 1.165) is 17.1 Å². The smallest absolute Gasteiger partial charge is 0.277 e. The van der Waals surface area contributed by atoms with Gasteiger partial charge in [-0.2, -0.15) is 0 Å². The highest BCUT2D eigenvalue weighted by molar-refractivity contribution is 8.00. The summed E-state index contributed by atoms with van der Waals surface area (Å²) in [5, 5.41) is 10.7. The van der Waals surface area contributed by atoms with Crippen LogP contribution in [0.15, 0.2) is 58.2 Å². The molecular formula is C21H23N3O4S. The largest absolute Gasteiger partial charge is 0.494 e. The maximum atomic E-state index is 12.4. The zero-order valence-corrected chi connectivity index (χ0v) is 17.4. The molecule has 1 N–H and O–H groups in total. The fourth-order valence-electron chi connectivity index (χ4n) is 2.44. The van der Waals surface area contributed by atoms with Gasteiger partial charge in [0.1, 0.15) is 11.5 Å². The molecule has 3 aromatic rings. The first-order chi connectivity index (χ1) is 14.0. The first kappa shape index (κ1) is 20.7. The number of nitrogens with one attached hydrogen (secondary N) is 1. The summed E-state index contributed by atoms with van der Waals surface area (Å²) in [7, 11) is 0. The number of ether oxygens (including phenoxy) is 2. The van der Waals surface area contributed by atoms with Crippen molar-refractivity contribution in [2.45, 2.75) is 37.9 Å². The Morgan fingerprint density at radius 2 is 1.93 bits per heavy atom. The number of benzene rings is 2. The summed E-state index contributed by atoms with van der Waals surface area (Å²) < 4.78 is 16.6. The van der Waals surface area contributed by atoms with Gasteiger partial charge in [-0.15, -0.1) is 10.2 Å². The summed E-state index contributed by atoms with van der Waals surface area (Å²) in [6, 6.07) is 14.9. The predicted octanol–water partition coefficient (Wildman–Crippen LogP) is 4.48. The number of aryl methyl sites for hydroxylation is 1. The number of carbonyl (C=O) groups excluding carboxylic acids is 1. The normalized spacial score (nSPS) is 11.7. The van der Waals surface area contributed by atoms with E-state index in [0.29, 0.717) is 23.4 Å². The molecule has 0 aliphatic carbocycles. The number of rotatable bonds is 9. The summed E-state index contributed by atoms with van der Waals surface area (Å²) >= 11 is 1.19. The molecule has 1 amide bonds. The minimum atomic E-state index is -0.410. The molecule has 0 saturated heterocycles. The Labute approximate surface area is 173 Å². The van der Waals surface area contributed by atoms with E-state index >= 15 is 0 Å². The molecular weight excluding hydrogens is 390 g/mol. The van der Waals surface area contributed by atoms with Crippen molar-refractivity contribution in [2.24, 2.45) is 0 Å². The van der Waals surface area contributed by atoms with E-state index in [4.69, 9.17) is 13.9 Å². The van der Waals surface area contributed by atoms with Gasteiger partial charge in [0.25, 0.3) is 11.1 Å². The van der Waals surface area contributed by atoms with Crippen molar-refractivity contribution in [2.75, 3.05) is 11.9 Å². The number of amides is 1. The number of hydrogen-bond donors (Lipinski definition) is 1. The summed E-state index contributed by atoms with van der Waals surface area (Å²) in [6.45, 7) is 6.47. The molecule has 1 atom stereocenters. The average Bonchev–Trinajstić information content (AvgIpc) is 3.15. The van der Waals surface area contributed by atoms with Crippen LogP contribution in [0.2, 0.25) is 0 Å². The van der Waals surface area contributed by atoms with Crippen molar-refractivity contribution >= 4 is 23.4 Å². The van der Waals surface area contributed by atoms with Crippen LogP contribution >= 0.6 is 11.8 Å². The molecule has 0 saturated carbocycles. The second kappa shape index (κ2) is 9.97. The number of anilines is 1. The van der Waals surface area contributed by atoms with Gasteiger partial charge < -0.3 is 19.2 Å². The van der Waals surface area contributed by atoms with Crippen molar-refractivity contribution in [3.05, 3.63) is 60.0 Å². The fourth-order valence-corrected chi connectivity index (χ4v) is 3.14. The molecule has 29 heavy (non-hydrogen) atoms. The first-order valence-electron chi connectivity index (χ1n) is 9.25. The lowest BCUT2D eigenvalue weighted by Gasteiger charge is -2.10. The molecule has 152 valence electrons. The van der Waals surface area contributed by atoms with Crippen LogP contribution in [0.3, 0.4) is 0 Å². The minimum Gasteiger partial charge on any atom is -0.494 e. The van der Waals surface area contributed by atoms with E-state index in [1.54, 1.807) is 19.1 Å².